The summed E-state index contributed by atoms with van der Waals surface area (Å²) in [6.45, 7) is 8.59. The van der Waals surface area contributed by atoms with Crippen LogP contribution >= 0.6 is 0 Å². The van der Waals surface area contributed by atoms with Gasteiger partial charge in [0.15, 0.2) is 17.6 Å². The van der Waals surface area contributed by atoms with Gasteiger partial charge in [0.05, 0.1) is 32.0 Å². The molecule has 4 fully saturated rings. The van der Waals surface area contributed by atoms with E-state index in [0.717, 1.165) is 19.3 Å². The number of ether oxygens (including phenoxy) is 7. The fraction of sp³-hybridized carbons (Fsp3) is 0.622. The minimum absolute atomic E-state index is 0.0231. The van der Waals surface area contributed by atoms with Gasteiger partial charge in [-0.15, -0.1) is 0 Å². The predicted octanol–water partition coefficient (Wildman–Crippen LogP) is 5.38. The molecule has 262 valence electrons. The molecule has 7 atom stereocenters. The Morgan fingerprint density at radius 2 is 1.71 bits per heavy atom. The Labute approximate surface area is 282 Å². The number of rotatable bonds is 12. The maximum atomic E-state index is 12.9. The van der Waals surface area contributed by atoms with Gasteiger partial charge < -0.3 is 33.2 Å². The highest BCUT2D eigenvalue weighted by Gasteiger charge is 2.67. The van der Waals surface area contributed by atoms with Crippen LogP contribution in [0.25, 0.3) is 6.08 Å². The molecular formula is C37H48O11. The molecule has 0 N–H and O–H groups in total. The number of benzene rings is 1. The van der Waals surface area contributed by atoms with E-state index in [1.54, 1.807) is 45.2 Å². The van der Waals surface area contributed by atoms with Crippen molar-refractivity contribution in [1.29, 1.82) is 0 Å². The zero-order valence-corrected chi connectivity index (χ0v) is 28.8. The quantitative estimate of drug-likeness (QED) is 0.123. The SMILES string of the molecule is CCC(=O)OC[C@@]1(C)C2CC[C@]3(CO3)C(C/C=C3/C(=O)OC[C@H]3OC(=O)/C=C/c3ccc(OC)c(OC)c3)[C@@]2(C)CC[C@H]1OC(=O)CC. The Morgan fingerprint density at radius 3 is 2.38 bits per heavy atom. The first-order valence-corrected chi connectivity index (χ1v) is 16.9. The number of esters is 4. The van der Waals surface area contributed by atoms with Crippen LogP contribution < -0.4 is 9.47 Å². The van der Waals surface area contributed by atoms with E-state index in [2.05, 4.69) is 13.8 Å². The molecule has 2 aliphatic carbocycles. The molecule has 1 aromatic carbocycles. The maximum Gasteiger partial charge on any atom is 0.337 e. The van der Waals surface area contributed by atoms with Gasteiger partial charge in [-0.3, -0.25) is 9.59 Å². The van der Waals surface area contributed by atoms with Crippen molar-refractivity contribution in [2.45, 2.75) is 90.4 Å². The van der Waals surface area contributed by atoms with E-state index in [1.807, 2.05) is 6.08 Å². The van der Waals surface area contributed by atoms with Crippen molar-refractivity contribution in [3.05, 3.63) is 41.5 Å². The van der Waals surface area contributed by atoms with Crippen LogP contribution in [0.5, 0.6) is 11.5 Å². The van der Waals surface area contributed by atoms with E-state index in [4.69, 9.17) is 33.2 Å². The van der Waals surface area contributed by atoms with E-state index in [0.29, 0.717) is 42.1 Å². The maximum absolute atomic E-state index is 12.9. The Balaban J connectivity index is 1.34. The second-order valence-electron chi connectivity index (χ2n) is 13.8. The zero-order valence-electron chi connectivity index (χ0n) is 28.8. The molecule has 1 aromatic rings. The number of fused-ring (bicyclic) bond motifs is 1. The second-order valence-corrected chi connectivity index (χ2v) is 13.8. The minimum Gasteiger partial charge on any atom is -0.493 e. The predicted molar refractivity (Wildman–Crippen MR) is 174 cm³/mol. The first-order chi connectivity index (χ1) is 22.9. The Bertz CT molecular complexity index is 1460. The van der Waals surface area contributed by atoms with Crippen LogP contribution in [0.2, 0.25) is 0 Å². The summed E-state index contributed by atoms with van der Waals surface area (Å²) in [4.78, 5) is 50.5. The third-order valence-electron chi connectivity index (χ3n) is 11.1. The standard InChI is InChI=1S/C37H48O11/c1-7-31(38)45-21-36(4)28-15-18-37(22-46-37)29(35(28,3)17-16-30(36)48-32(39)8-2)13-11-24-27(20-44-34(24)41)47-33(40)14-10-23-9-12-25(42-5)26(19-23)43-6/h9-12,14,19,27-30H,7-8,13,15-18,20-22H2,1-6H3/b14-10+,24-11+/t27-,28?,29?,30-,35+,36+,37+/m1/s1. The molecule has 2 saturated heterocycles. The molecule has 2 heterocycles. The van der Waals surface area contributed by atoms with E-state index in [-0.39, 0.29) is 66.9 Å². The number of methoxy groups -OCH3 is 2. The van der Waals surface area contributed by atoms with E-state index in [9.17, 15) is 19.2 Å². The van der Waals surface area contributed by atoms with Crippen molar-refractivity contribution in [3.8, 4) is 11.5 Å². The summed E-state index contributed by atoms with van der Waals surface area (Å²) in [6.07, 6.45) is 7.60. The van der Waals surface area contributed by atoms with E-state index >= 15 is 0 Å². The first-order valence-electron chi connectivity index (χ1n) is 16.9. The van der Waals surface area contributed by atoms with Gasteiger partial charge in [0.2, 0.25) is 0 Å². The molecule has 4 aliphatic rings. The number of carbonyl (C=O) groups is 4. The summed E-state index contributed by atoms with van der Waals surface area (Å²) in [7, 11) is 3.08. The van der Waals surface area contributed by atoms with Crippen molar-refractivity contribution < 1.29 is 52.3 Å². The lowest BCUT2D eigenvalue weighted by molar-refractivity contribution is -0.203. The zero-order chi connectivity index (χ0) is 34.7. The minimum atomic E-state index is -0.841. The Morgan fingerprint density at radius 1 is 0.979 bits per heavy atom. The lowest BCUT2D eigenvalue weighted by Crippen LogP contribution is -2.61. The van der Waals surface area contributed by atoms with Crippen LogP contribution in [0.15, 0.2) is 35.9 Å². The molecule has 0 radical (unpaired) electrons. The second kappa shape index (κ2) is 14.3. The highest BCUT2D eigenvalue weighted by atomic mass is 16.6. The van der Waals surface area contributed by atoms with Crippen LogP contribution in [0.1, 0.15) is 78.2 Å². The van der Waals surface area contributed by atoms with E-state index in [1.165, 1.54) is 13.2 Å². The van der Waals surface area contributed by atoms with Crippen molar-refractivity contribution in [1.82, 2.24) is 0 Å². The summed E-state index contributed by atoms with van der Waals surface area (Å²) in [6, 6.07) is 5.27. The number of cyclic esters (lactones) is 1. The molecule has 2 saturated carbocycles. The molecule has 11 heteroatoms. The fourth-order valence-corrected chi connectivity index (χ4v) is 8.37. The number of allylic oxidation sites excluding steroid dienone is 1. The van der Waals surface area contributed by atoms with Crippen molar-refractivity contribution in [3.63, 3.8) is 0 Å². The number of hydrogen-bond acceptors (Lipinski definition) is 11. The molecule has 1 spiro atoms. The molecule has 2 aliphatic heterocycles. The Kier molecular flexibility index (Phi) is 10.6. The summed E-state index contributed by atoms with van der Waals surface area (Å²) >= 11 is 0. The largest absolute Gasteiger partial charge is 0.493 e. The van der Waals surface area contributed by atoms with Crippen LogP contribution in [0, 0.1) is 22.7 Å². The van der Waals surface area contributed by atoms with Crippen LogP contribution in [-0.4, -0.2) is 75.7 Å². The summed E-state index contributed by atoms with van der Waals surface area (Å²) in [5.41, 5.74) is -0.174. The van der Waals surface area contributed by atoms with Gasteiger partial charge in [0.1, 0.15) is 19.3 Å². The first kappa shape index (κ1) is 35.4. The van der Waals surface area contributed by atoms with Crippen LogP contribution in [0.4, 0.5) is 0 Å². The Hall–Kier alpha value is -3.86. The van der Waals surface area contributed by atoms with E-state index < -0.39 is 23.5 Å². The monoisotopic (exact) mass is 668 g/mol. The molecule has 11 nitrogen and oxygen atoms in total. The lowest BCUT2D eigenvalue weighted by Gasteiger charge is -2.61. The van der Waals surface area contributed by atoms with Gasteiger partial charge in [-0.05, 0) is 73.1 Å². The number of carbonyl (C=O) groups excluding carboxylic acids is 4. The van der Waals surface area contributed by atoms with Gasteiger partial charge in [-0.1, -0.05) is 39.8 Å². The molecule has 2 unspecified atom stereocenters. The average molecular weight is 669 g/mol. The highest BCUT2D eigenvalue weighted by molar-refractivity contribution is 5.93. The van der Waals surface area contributed by atoms with Crippen LogP contribution in [0.3, 0.4) is 0 Å². The third-order valence-corrected chi connectivity index (χ3v) is 11.1. The van der Waals surface area contributed by atoms with Crippen molar-refractivity contribution >= 4 is 30.0 Å². The topological polar surface area (TPSA) is 136 Å². The molecule has 0 amide bonds. The van der Waals surface area contributed by atoms with Gasteiger partial charge in [-0.25, -0.2) is 9.59 Å². The van der Waals surface area contributed by atoms with Crippen LogP contribution in [-0.2, 0) is 42.9 Å². The van der Waals surface area contributed by atoms with Gasteiger partial charge >= 0.3 is 23.9 Å². The van der Waals surface area contributed by atoms with Crippen molar-refractivity contribution in [2.24, 2.45) is 22.7 Å². The summed E-state index contributed by atoms with van der Waals surface area (Å²) in [5, 5.41) is 0. The molecule has 0 bridgehead atoms. The van der Waals surface area contributed by atoms with Gasteiger partial charge in [0.25, 0.3) is 0 Å². The molecule has 5 rings (SSSR count). The smallest absolute Gasteiger partial charge is 0.337 e. The lowest BCUT2D eigenvalue weighted by atomic mass is 9.45. The highest BCUT2D eigenvalue weighted by Crippen LogP contribution is 2.66. The van der Waals surface area contributed by atoms with Crippen molar-refractivity contribution in [2.75, 3.05) is 34.0 Å². The number of epoxide rings is 1. The summed E-state index contributed by atoms with van der Waals surface area (Å²) in [5.74, 6) is -0.493. The normalized spacial score (nSPS) is 33.2. The third kappa shape index (κ3) is 6.97. The van der Waals surface area contributed by atoms with Gasteiger partial charge in [-0.2, -0.15) is 0 Å². The molecule has 0 aromatic heterocycles. The molecular weight excluding hydrogens is 620 g/mol. The fourth-order valence-electron chi connectivity index (χ4n) is 8.37. The summed E-state index contributed by atoms with van der Waals surface area (Å²) < 4.78 is 39.5. The van der Waals surface area contributed by atoms with Gasteiger partial charge in [0, 0.05) is 24.3 Å². The average Bonchev–Trinajstić information content (AvgIpc) is 3.77. The number of hydrogen-bond donors (Lipinski definition) is 0. The molecule has 48 heavy (non-hydrogen) atoms.